The van der Waals surface area contributed by atoms with Gasteiger partial charge in [0.25, 0.3) is 5.91 Å². The van der Waals surface area contributed by atoms with Gasteiger partial charge >= 0.3 is 0 Å². The molecule has 1 unspecified atom stereocenters. The number of rotatable bonds is 7. The summed E-state index contributed by atoms with van der Waals surface area (Å²) < 4.78 is 5.81. The Labute approximate surface area is 189 Å². The summed E-state index contributed by atoms with van der Waals surface area (Å²) >= 11 is 0. The lowest BCUT2D eigenvalue weighted by Gasteiger charge is -2.38. The summed E-state index contributed by atoms with van der Waals surface area (Å²) in [5.74, 6) is 0.593. The number of carbonyl (C=O) groups is 2. The van der Waals surface area contributed by atoms with Gasteiger partial charge in [0, 0.05) is 19.5 Å². The SMILES string of the molecule is CCC(=O)N1CCc2ccc(OCC(=O)NCc3ccccc3)cc2C1c1ccccc1. The first kappa shape index (κ1) is 21.6. The lowest BCUT2D eigenvalue weighted by Crippen LogP contribution is -2.40. The lowest BCUT2D eigenvalue weighted by atomic mass is 9.87. The van der Waals surface area contributed by atoms with Crippen LogP contribution in [0, 0.1) is 0 Å². The van der Waals surface area contributed by atoms with Gasteiger partial charge in [0.15, 0.2) is 6.61 Å². The first-order valence-corrected chi connectivity index (χ1v) is 11.1. The van der Waals surface area contributed by atoms with Crippen molar-refractivity contribution in [1.82, 2.24) is 10.2 Å². The molecule has 0 aliphatic carbocycles. The topological polar surface area (TPSA) is 58.6 Å². The molecule has 1 N–H and O–H groups in total. The van der Waals surface area contributed by atoms with E-state index in [0.29, 0.717) is 25.3 Å². The first-order valence-electron chi connectivity index (χ1n) is 11.1. The third-order valence-corrected chi connectivity index (χ3v) is 5.79. The van der Waals surface area contributed by atoms with Gasteiger partial charge in [-0.3, -0.25) is 9.59 Å². The predicted octanol–water partition coefficient (Wildman–Crippen LogP) is 4.27. The maximum atomic E-state index is 12.7. The second kappa shape index (κ2) is 10.1. The van der Waals surface area contributed by atoms with Crippen molar-refractivity contribution in [3.63, 3.8) is 0 Å². The molecule has 5 nitrogen and oxygen atoms in total. The number of fused-ring (bicyclic) bond motifs is 1. The molecule has 0 saturated carbocycles. The normalized spacial score (nSPS) is 15.0. The van der Waals surface area contributed by atoms with E-state index in [0.717, 1.165) is 23.1 Å². The maximum Gasteiger partial charge on any atom is 0.258 e. The van der Waals surface area contributed by atoms with Crippen LogP contribution in [0.4, 0.5) is 0 Å². The van der Waals surface area contributed by atoms with Crippen molar-refractivity contribution < 1.29 is 14.3 Å². The van der Waals surface area contributed by atoms with E-state index >= 15 is 0 Å². The van der Waals surface area contributed by atoms with E-state index in [9.17, 15) is 9.59 Å². The molecule has 2 amide bonds. The van der Waals surface area contributed by atoms with Gasteiger partial charge in [0.2, 0.25) is 5.91 Å². The van der Waals surface area contributed by atoms with Gasteiger partial charge in [-0.15, -0.1) is 0 Å². The first-order chi connectivity index (χ1) is 15.7. The highest BCUT2D eigenvalue weighted by Gasteiger charge is 2.31. The highest BCUT2D eigenvalue weighted by molar-refractivity contribution is 5.78. The van der Waals surface area contributed by atoms with Gasteiger partial charge < -0.3 is 15.0 Å². The van der Waals surface area contributed by atoms with Crippen molar-refractivity contribution in [3.8, 4) is 5.75 Å². The molecule has 1 heterocycles. The molecule has 4 rings (SSSR count). The molecule has 5 heteroatoms. The average Bonchev–Trinajstić information content (AvgIpc) is 2.86. The number of amides is 2. The summed E-state index contributed by atoms with van der Waals surface area (Å²) in [5.41, 5.74) is 4.39. The molecule has 0 spiro atoms. The van der Waals surface area contributed by atoms with Gasteiger partial charge in [0.1, 0.15) is 5.75 Å². The van der Waals surface area contributed by atoms with E-state index in [4.69, 9.17) is 4.74 Å². The zero-order valence-electron chi connectivity index (χ0n) is 18.3. The Hall–Kier alpha value is -3.60. The highest BCUT2D eigenvalue weighted by Crippen LogP contribution is 2.37. The number of benzene rings is 3. The van der Waals surface area contributed by atoms with E-state index in [1.54, 1.807) is 0 Å². The van der Waals surface area contributed by atoms with Crippen molar-refractivity contribution in [2.24, 2.45) is 0 Å². The van der Waals surface area contributed by atoms with Gasteiger partial charge in [0.05, 0.1) is 6.04 Å². The summed E-state index contributed by atoms with van der Waals surface area (Å²) in [6.45, 7) is 3.01. The van der Waals surface area contributed by atoms with E-state index in [-0.39, 0.29) is 24.5 Å². The van der Waals surface area contributed by atoms with Crippen LogP contribution in [0.15, 0.2) is 78.9 Å². The second-order valence-corrected chi connectivity index (χ2v) is 7.92. The minimum absolute atomic E-state index is 0.0563. The summed E-state index contributed by atoms with van der Waals surface area (Å²) in [7, 11) is 0. The van der Waals surface area contributed by atoms with Gasteiger partial charge in [-0.05, 0) is 40.8 Å². The maximum absolute atomic E-state index is 12.7. The number of hydrogen-bond acceptors (Lipinski definition) is 3. The molecule has 1 aliphatic heterocycles. The van der Waals surface area contributed by atoms with Gasteiger partial charge in [-0.25, -0.2) is 0 Å². The van der Waals surface area contributed by atoms with Gasteiger partial charge in [-0.1, -0.05) is 73.7 Å². The molecule has 0 radical (unpaired) electrons. The van der Waals surface area contributed by atoms with Crippen molar-refractivity contribution in [2.45, 2.75) is 32.4 Å². The zero-order chi connectivity index (χ0) is 22.3. The number of nitrogens with zero attached hydrogens (tertiary/aromatic N) is 1. The molecule has 1 aliphatic rings. The number of ether oxygens (including phenoxy) is 1. The highest BCUT2D eigenvalue weighted by atomic mass is 16.5. The third kappa shape index (κ3) is 4.99. The fourth-order valence-electron chi connectivity index (χ4n) is 4.15. The summed E-state index contributed by atoms with van der Waals surface area (Å²) in [6.07, 6.45) is 1.28. The Morgan fingerprint density at radius 2 is 1.72 bits per heavy atom. The molecule has 1 atom stereocenters. The Bertz CT molecular complexity index is 1070. The molecule has 0 saturated heterocycles. The molecular weight excluding hydrogens is 400 g/mol. The van der Waals surface area contributed by atoms with Crippen LogP contribution >= 0.6 is 0 Å². The van der Waals surface area contributed by atoms with Crippen molar-refractivity contribution in [2.75, 3.05) is 13.2 Å². The number of carbonyl (C=O) groups excluding carboxylic acids is 2. The van der Waals surface area contributed by atoms with Crippen LogP contribution < -0.4 is 10.1 Å². The Kier molecular flexibility index (Phi) is 6.85. The fourth-order valence-corrected chi connectivity index (χ4v) is 4.15. The quantitative estimate of drug-likeness (QED) is 0.612. The van der Waals surface area contributed by atoms with Crippen LogP contribution in [0.1, 0.15) is 41.6 Å². The molecular formula is C27H28N2O3. The van der Waals surface area contributed by atoms with Crippen LogP contribution in [0.2, 0.25) is 0 Å². The summed E-state index contributed by atoms with van der Waals surface area (Å²) in [4.78, 5) is 26.9. The Balaban J connectivity index is 1.49. The molecule has 0 fully saturated rings. The second-order valence-electron chi connectivity index (χ2n) is 7.92. The van der Waals surface area contributed by atoms with Crippen LogP contribution in [0.5, 0.6) is 5.75 Å². The van der Waals surface area contributed by atoms with Crippen molar-refractivity contribution >= 4 is 11.8 Å². The number of nitrogens with one attached hydrogen (secondary N) is 1. The smallest absolute Gasteiger partial charge is 0.258 e. The largest absolute Gasteiger partial charge is 0.484 e. The predicted molar refractivity (Wildman–Crippen MR) is 124 cm³/mol. The van der Waals surface area contributed by atoms with Crippen molar-refractivity contribution in [3.05, 3.63) is 101 Å². The molecule has 32 heavy (non-hydrogen) atoms. The summed E-state index contributed by atoms with van der Waals surface area (Å²) in [5, 5.41) is 2.88. The minimum Gasteiger partial charge on any atom is -0.484 e. The average molecular weight is 429 g/mol. The molecule has 164 valence electrons. The Morgan fingerprint density at radius 1 is 1.00 bits per heavy atom. The monoisotopic (exact) mass is 428 g/mol. The van der Waals surface area contributed by atoms with Crippen LogP contribution in [-0.2, 0) is 22.6 Å². The lowest BCUT2D eigenvalue weighted by molar-refractivity contribution is -0.133. The number of hydrogen-bond donors (Lipinski definition) is 1. The van der Waals surface area contributed by atoms with E-state index in [2.05, 4.69) is 23.5 Å². The fraction of sp³-hybridized carbons (Fsp3) is 0.259. The molecule has 3 aromatic carbocycles. The molecule has 0 bridgehead atoms. The molecule has 0 aromatic heterocycles. The van der Waals surface area contributed by atoms with Crippen molar-refractivity contribution in [1.29, 1.82) is 0 Å². The van der Waals surface area contributed by atoms with E-state index in [1.165, 1.54) is 5.56 Å². The van der Waals surface area contributed by atoms with Crippen LogP contribution in [0.3, 0.4) is 0 Å². The standard InChI is InChI=1S/C27H28N2O3/c1-2-26(31)29-16-15-21-13-14-23(17-24(21)27(29)22-11-7-4-8-12-22)32-19-25(30)28-18-20-9-5-3-6-10-20/h3-14,17,27H,2,15-16,18-19H2,1H3,(H,28,30). The van der Waals surface area contributed by atoms with E-state index in [1.807, 2.05) is 72.5 Å². The van der Waals surface area contributed by atoms with Crippen LogP contribution in [0.25, 0.3) is 0 Å². The Morgan fingerprint density at radius 3 is 2.44 bits per heavy atom. The van der Waals surface area contributed by atoms with E-state index < -0.39 is 0 Å². The third-order valence-electron chi connectivity index (χ3n) is 5.79. The molecule has 3 aromatic rings. The van der Waals surface area contributed by atoms with Crippen LogP contribution in [-0.4, -0.2) is 29.9 Å². The zero-order valence-corrected chi connectivity index (χ0v) is 18.3. The minimum atomic E-state index is -0.172. The summed E-state index contributed by atoms with van der Waals surface area (Å²) in [6, 6.07) is 25.6. The van der Waals surface area contributed by atoms with Gasteiger partial charge in [-0.2, -0.15) is 0 Å².